The molecule has 0 atom stereocenters. The van der Waals surface area contributed by atoms with Gasteiger partial charge in [0.25, 0.3) is 5.91 Å². The lowest BCUT2D eigenvalue weighted by molar-refractivity contribution is 0.0788. The maximum absolute atomic E-state index is 13.2. The first-order valence-electron chi connectivity index (χ1n) is 11.6. The highest BCUT2D eigenvalue weighted by Crippen LogP contribution is 2.28. The lowest BCUT2D eigenvalue weighted by Crippen LogP contribution is -2.30. The van der Waals surface area contributed by atoms with Crippen molar-refractivity contribution in [2.75, 3.05) is 27.8 Å². The molecule has 180 valence electrons. The monoisotopic (exact) mass is 469 g/mol. The number of nitrogens with zero attached hydrogens (tertiary/aromatic N) is 3. The van der Waals surface area contributed by atoms with Gasteiger partial charge in [0.1, 0.15) is 5.69 Å². The molecular weight excluding hydrogens is 438 g/mol. The highest BCUT2D eigenvalue weighted by atomic mass is 16.5. The van der Waals surface area contributed by atoms with E-state index < -0.39 is 0 Å². The summed E-state index contributed by atoms with van der Waals surface area (Å²) in [6, 6.07) is 20.6. The number of hydrogen-bond acceptors (Lipinski definition) is 4. The van der Waals surface area contributed by atoms with Crippen LogP contribution in [0.4, 0.5) is 0 Å². The van der Waals surface area contributed by atoms with Gasteiger partial charge < -0.3 is 14.4 Å². The summed E-state index contributed by atoms with van der Waals surface area (Å²) in [6.45, 7) is 4.77. The van der Waals surface area contributed by atoms with E-state index in [2.05, 4.69) is 49.2 Å². The smallest absolute Gasteiger partial charge is 0.272 e. The first kappa shape index (κ1) is 24.1. The number of carbonyl (C=O) groups excluding carboxylic acids is 1. The van der Waals surface area contributed by atoms with Gasteiger partial charge in [-0.3, -0.25) is 9.36 Å². The molecule has 0 bridgehead atoms. The minimum absolute atomic E-state index is 0.0821. The van der Waals surface area contributed by atoms with E-state index in [9.17, 15) is 4.79 Å². The molecule has 1 amide bonds. The number of hydrogen-bond donors (Lipinski definition) is 0. The molecule has 1 heterocycles. The zero-order chi connectivity index (χ0) is 24.9. The van der Waals surface area contributed by atoms with Crippen molar-refractivity contribution in [3.05, 3.63) is 95.6 Å². The number of rotatable bonds is 8. The molecule has 4 rings (SSSR count). The van der Waals surface area contributed by atoms with Gasteiger partial charge in [-0.1, -0.05) is 47.5 Å². The second-order valence-corrected chi connectivity index (χ2v) is 8.74. The van der Waals surface area contributed by atoms with Crippen molar-refractivity contribution >= 4 is 5.91 Å². The van der Waals surface area contributed by atoms with Crippen LogP contribution in [0.3, 0.4) is 0 Å². The Balaban J connectivity index is 1.48. The summed E-state index contributed by atoms with van der Waals surface area (Å²) in [4.78, 5) is 19.2. The number of likely N-dealkylation sites (N-methyl/N-ethyl adjacent to an activating group) is 1. The molecule has 0 spiro atoms. The van der Waals surface area contributed by atoms with Crippen molar-refractivity contribution < 1.29 is 14.3 Å². The van der Waals surface area contributed by atoms with Gasteiger partial charge in [0, 0.05) is 19.3 Å². The van der Waals surface area contributed by atoms with Gasteiger partial charge >= 0.3 is 0 Å². The maximum atomic E-state index is 13.2. The lowest BCUT2D eigenvalue weighted by atomic mass is 10.0. The van der Waals surface area contributed by atoms with Gasteiger partial charge in [0.05, 0.1) is 26.7 Å². The van der Waals surface area contributed by atoms with Crippen LogP contribution < -0.4 is 9.47 Å². The van der Waals surface area contributed by atoms with Crippen LogP contribution in [0.2, 0.25) is 0 Å². The van der Waals surface area contributed by atoms with Crippen LogP contribution in [0.15, 0.2) is 73.2 Å². The quantitative estimate of drug-likeness (QED) is 0.343. The largest absolute Gasteiger partial charge is 0.493 e. The van der Waals surface area contributed by atoms with E-state index in [0.29, 0.717) is 30.2 Å². The van der Waals surface area contributed by atoms with Gasteiger partial charge in [0.15, 0.2) is 11.5 Å². The molecule has 1 aromatic heterocycles. The van der Waals surface area contributed by atoms with Crippen LogP contribution in [-0.4, -0.2) is 48.2 Å². The Bertz CT molecular complexity index is 1310. The molecule has 6 heteroatoms. The molecule has 0 aliphatic heterocycles. The summed E-state index contributed by atoms with van der Waals surface area (Å²) >= 11 is 0. The second kappa shape index (κ2) is 10.5. The average Bonchev–Trinajstić information content (AvgIpc) is 3.36. The second-order valence-electron chi connectivity index (χ2n) is 8.74. The predicted octanol–water partition coefficient (Wildman–Crippen LogP) is 5.49. The van der Waals surface area contributed by atoms with Crippen molar-refractivity contribution in [1.29, 1.82) is 0 Å². The van der Waals surface area contributed by atoms with Crippen LogP contribution in [-0.2, 0) is 6.42 Å². The van der Waals surface area contributed by atoms with Gasteiger partial charge in [-0.15, -0.1) is 0 Å². The van der Waals surface area contributed by atoms with Crippen LogP contribution in [0.5, 0.6) is 11.5 Å². The third-order valence-electron chi connectivity index (χ3n) is 6.09. The van der Waals surface area contributed by atoms with Gasteiger partial charge in [-0.2, -0.15) is 0 Å². The molecule has 0 fully saturated rings. The molecule has 3 aromatic carbocycles. The standard InChI is InChI=1S/C29H31N3O3/c1-20-14-21(2)16-24(15-20)23-7-9-25(10-8-23)32-19-30-18-26(32)29(33)31(3)13-12-22-6-11-27(34-4)28(17-22)35-5/h6-11,14-19H,12-13H2,1-5H3. The number of carbonyl (C=O) groups is 1. The van der Waals surface area contributed by atoms with Gasteiger partial charge in [-0.05, 0) is 61.2 Å². The lowest BCUT2D eigenvalue weighted by Gasteiger charge is -2.18. The Hall–Kier alpha value is -4.06. The maximum Gasteiger partial charge on any atom is 0.272 e. The van der Waals surface area contributed by atoms with Crippen molar-refractivity contribution in [2.24, 2.45) is 0 Å². The van der Waals surface area contributed by atoms with Crippen molar-refractivity contribution in [3.63, 3.8) is 0 Å². The summed E-state index contributed by atoms with van der Waals surface area (Å²) in [7, 11) is 5.04. The average molecular weight is 470 g/mol. The Labute approximate surface area is 206 Å². The minimum atomic E-state index is -0.0821. The molecule has 0 radical (unpaired) electrons. The van der Waals surface area contributed by atoms with E-state index in [4.69, 9.17) is 9.47 Å². The predicted molar refractivity (Wildman–Crippen MR) is 139 cm³/mol. The highest BCUT2D eigenvalue weighted by Gasteiger charge is 2.18. The number of benzene rings is 3. The summed E-state index contributed by atoms with van der Waals surface area (Å²) in [6.07, 6.45) is 4.00. The Kier molecular flexibility index (Phi) is 7.20. The number of ether oxygens (including phenoxy) is 2. The van der Waals surface area contributed by atoms with E-state index in [1.54, 1.807) is 31.6 Å². The Morgan fingerprint density at radius 3 is 2.23 bits per heavy atom. The van der Waals surface area contributed by atoms with E-state index >= 15 is 0 Å². The van der Waals surface area contributed by atoms with E-state index in [1.165, 1.54) is 16.7 Å². The van der Waals surface area contributed by atoms with Crippen molar-refractivity contribution in [3.8, 4) is 28.3 Å². The normalized spacial score (nSPS) is 10.8. The number of aryl methyl sites for hydroxylation is 2. The third kappa shape index (κ3) is 5.38. The molecule has 4 aromatic rings. The number of imidazole rings is 1. The summed E-state index contributed by atoms with van der Waals surface area (Å²) < 4.78 is 12.5. The number of methoxy groups -OCH3 is 2. The Morgan fingerprint density at radius 2 is 1.57 bits per heavy atom. The van der Waals surface area contributed by atoms with E-state index in [1.807, 2.05) is 41.9 Å². The zero-order valence-corrected chi connectivity index (χ0v) is 20.9. The topological polar surface area (TPSA) is 56.6 Å². The van der Waals surface area contributed by atoms with Crippen molar-refractivity contribution in [1.82, 2.24) is 14.5 Å². The molecule has 0 saturated carbocycles. The SMILES string of the molecule is COc1ccc(CCN(C)C(=O)c2cncn2-c2ccc(-c3cc(C)cc(C)c3)cc2)cc1OC. The molecule has 6 nitrogen and oxygen atoms in total. The fraction of sp³-hybridized carbons (Fsp3) is 0.241. The van der Waals surface area contributed by atoms with Crippen LogP contribution in [0.1, 0.15) is 27.2 Å². The highest BCUT2D eigenvalue weighted by molar-refractivity contribution is 5.93. The molecular formula is C29H31N3O3. The molecule has 0 N–H and O–H groups in total. The Morgan fingerprint density at radius 1 is 0.886 bits per heavy atom. The zero-order valence-electron chi connectivity index (χ0n) is 20.9. The number of aromatic nitrogens is 2. The molecule has 0 aliphatic rings. The summed E-state index contributed by atoms with van der Waals surface area (Å²) in [5.41, 5.74) is 7.29. The molecule has 35 heavy (non-hydrogen) atoms. The van der Waals surface area contributed by atoms with Crippen molar-refractivity contribution in [2.45, 2.75) is 20.3 Å². The van der Waals surface area contributed by atoms with Gasteiger partial charge in [0.2, 0.25) is 0 Å². The van der Waals surface area contributed by atoms with Gasteiger partial charge in [-0.25, -0.2) is 4.98 Å². The van der Waals surface area contributed by atoms with Crippen LogP contribution >= 0.6 is 0 Å². The summed E-state index contributed by atoms with van der Waals surface area (Å²) in [5, 5.41) is 0. The summed E-state index contributed by atoms with van der Waals surface area (Å²) in [5.74, 6) is 1.29. The fourth-order valence-electron chi connectivity index (χ4n) is 4.24. The fourth-order valence-corrected chi connectivity index (χ4v) is 4.24. The first-order valence-corrected chi connectivity index (χ1v) is 11.6. The molecule has 0 aliphatic carbocycles. The van der Waals surface area contributed by atoms with E-state index in [0.717, 1.165) is 16.8 Å². The number of amides is 1. The third-order valence-corrected chi connectivity index (χ3v) is 6.09. The first-order chi connectivity index (χ1) is 16.9. The van der Waals surface area contributed by atoms with E-state index in [-0.39, 0.29) is 5.91 Å². The molecule has 0 unspecified atom stereocenters. The van der Waals surface area contributed by atoms with Crippen LogP contribution in [0, 0.1) is 13.8 Å². The molecule has 0 saturated heterocycles. The van der Waals surface area contributed by atoms with Crippen LogP contribution in [0.25, 0.3) is 16.8 Å². The minimum Gasteiger partial charge on any atom is -0.493 e.